The quantitative estimate of drug-likeness (QED) is 0.875. The summed E-state index contributed by atoms with van der Waals surface area (Å²) >= 11 is 0. The van der Waals surface area contributed by atoms with E-state index in [4.69, 9.17) is 0 Å². The molecule has 1 atom stereocenters. The second kappa shape index (κ2) is 5.03. The Labute approximate surface area is 118 Å². The van der Waals surface area contributed by atoms with Gasteiger partial charge in [-0.2, -0.15) is 0 Å². The van der Waals surface area contributed by atoms with E-state index in [1.807, 2.05) is 23.3 Å². The van der Waals surface area contributed by atoms with E-state index in [-0.39, 0.29) is 0 Å². The Kier molecular flexibility index (Phi) is 3.35. The summed E-state index contributed by atoms with van der Waals surface area (Å²) in [5, 5.41) is 13.7. The third-order valence-electron chi connectivity index (χ3n) is 3.85. The molecule has 0 aliphatic carbocycles. The van der Waals surface area contributed by atoms with E-state index in [2.05, 4.69) is 33.7 Å². The molecule has 0 bridgehead atoms. The van der Waals surface area contributed by atoms with Crippen molar-refractivity contribution in [3.63, 3.8) is 0 Å². The van der Waals surface area contributed by atoms with Gasteiger partial charge in [-0.05, 0) is 26.8 Å². The number of rotatable bonds is 4. The molecule has 20 heavy (non-hydrogen) atoms. The summed E-state index contributed by atoms with van der Waals surface area (Å²) in [4.78, 5) is 8.67. The Hall–Kier alpha value is -1.66. The van der Waals surface area contributed by atoms with Crippen LogP contribution >= 0.6 is 0 Å². The third-order valence-corrected chi connectivity index (χ3v) is 3.85. The normalized spacial score (nSPS) is 22.8. The first kappa shape index (κ1) is 13.3. The smallest absolute Gasteiger partial charge is 0.158 e. The number of hydrogen-bond acceptors (Lipinski definition) is 4. The molecule has 2 aromatic heterocycles. The highest BCUT2D eigenvalue weighted by molar-refractivity contribution is 5.49. The van der Waals surface area contributed by atoms with Crippen LogP contribution in [0.2, 0.25) is 0 Å². The van der Waals surface area contributed by atoms with Crippen molar-refractivity contribution in [2.75, 3.05) is 13.1 Å². The lowest BCUT2D eigenvalue weighted by molar-refractivity contribution is 0.0436. The molecule has 6 heteroatoms. The minimum atomic E-state index is -0.682. The molecule has 1 saturated heterocycles. The van der Waals surface area contributed by atoms with E-state index in [9.17, 15) is 5.11 Å². The topological polar surface area (TPSA) is 67.9 Å². The molecule has 108 valence electrons. The van der Waals surface area contributed by atoms with Crippen LogP contribution in [0, 0.1) is 0 Å². The summed E-state index contributed by atoms with van der Waals surface area (Å²) in [6, 6.07) is 0.328. The molecule has 0 aromatic carbocycles. The Morgan fingerprint density at radius 1 is 1.50 bits per heavy atom. The van der Waals surface area contributed by atoms with Crippen molar-refractivity contribution in [3.05, 3.63) is 24.9 Å². The van der Waals surface area contributed by atoms with E-state index in [1.54, 1.807) is 6.20 Å². The van der Waals surface area contributed by atoms with Gasteiger partial charge in [-0.15, -0.1) is 0 Å². The van der Waals surface area contributed by atoms with Crippen LogP contribution in [0.1, 0.15) is 26.3 Å². The van der Waals surface area contributed by atoms with E-state index < -0.39 is 5.60 Å². The highest BCUT2D eigenvalue weighted by atomic mass is 16.3. The van der Waals surface area contributed by atoms with E-state index >= 15 is 0 Å². The highest BCUT2D eigenvalue weighted by Crippen LogP contribution is 2.24. The maximum atomic E-state index is 10.5. The fourth-order valence-electron chi connectivity index (χ4n) is 2.74. The zero-order valence-electron chi connectivity index (χ0n) is 12.0. The number of imidazole rings is 2. The van der Waals surface area contributed by atoms with E-state index in [0.29, 0.717) is 19.1 Å². The molecule has 1 unspecified atom stereocenters. The number of nitrogens with one attached hydrogen (secondary N) is 1. The van der Waals surface area contributed by atoms with Crippen LogP contribution in [0.4, 0.5) is 0 Å². The van der Waals surface area contributed by atoms with Gasteiger partial charge in [0.2, 0.25) is 0 Å². The largest absolute Gasteiger partial charge is 0.387 e. The van der Waals surface area contributed by atoms with E-state index in [0.717, 1.165) is 24.5 Å². The molecule has 6 nitrogen and oxygen atoms in total. The molecule has 0 radical (unpaired) electrons. The summed E-state index contributed by atoms with van der Waals surface area (Å²) in [7, 11) is 0. The van der Waals surface area contributed by atoms with Crippen LogP contribution in [0.25, 0.3) is 11.5 Å². The van der Waals surface area contributed by atoms with Gasteiger partial charge in [-0.3, -0.25) is 0 Å². The van der Waals surface area contributed by atoms with Crippen LogP contribution in [-0.2, 0) is 6.54 Å². The lowest BCUT2D eigenvalue weighted by atomic mass is 10.0. The number of aromatic nitrogens is 4. The Balaban J connectivity index is 1.92. The lowest BCUT2D eigenvalue weighted by Crippen LogP contribution is -2.36. The molecule has 1 aliphatic rings. The van der Waals surface area contributed by atoms with Gasteiger partial charge in [0.05, 0.1) is 24.7 Å². The fraction of sp³-hybridized carbons (Fsp3) is 0.571. The molecule has 0 amide bonds. The van der Waals surface area contributed by atoms with Crippen molar-refractivity contribution in [2.24, 2.45) is 0 Å². The molecule has 1 fully saturated rings. The predicted molar refractivity (Wildman–Crippen MR) is 76.3 cm³/mol. The molecular weight excluding hydrogens is 254 g/mol. The second-order valence-corrected chi connectivity index (χ2v) is 5.81. The van der Waals surface area contributed by atoms with Crippen molar-refractivity contribution in [2.45, 2.75) is 38.5 Å². The summed E-state index contributed by atoms with van der Waals surface area (Å²) in [5.41, 5.74) is 0.303. The monoisotopic (exact) mass is 275 g/mol. The molecule has 1 aliphatic heterocycles. The minimum absolute atomic E-state index is 0.328. The van der Waals surface area contributed by atoms with Gasteiger partial charge >= 0.3 is 0 Å². The van der Waals surface area contributed by atoms with Crippen molar-refractivity contribution < 1.29 is 5.11 Å². The predicted octanol–water partition coefficient (Wildman–Crippen LogP) is 1.05. The maximum Gasteiger partial charge on any atom is 0.158 e. The van der Waals surface area contributed by atoms with Crippen LogP contribution in [-0.4, -0.2) is 42.9 Å². The van der Waals surface area contributed by atoms with Crippen LogP contribution in [0.3, 0.4) is 0 Å². The third kappa shape index (κ3) is 2.36. The molecule has 2 N–H and O–H groups in total. The molecule has 0 saturated carbocycles. The molecule has 0 spiro atoms. The van der Waals surface area contributed by atoms with Gasteiger partial charge in [-0.25, -0.2) is 9.97 Å². The van der Waals surface area contributed by atoms with Gasteiger partial charge in [0, 0.05) is 25.0 Å². The average molecular weight is 275 g/mol. The Bertz CT molecular complexity index is 580. The number of nitrogens with zero attached hydrogens (tertiary/aromatic N) is 4. The Morgan fingerprint density at radius 3 is 3.05 bits per heavy atom. The van der Waals surface area contributed by atoms with Crippen LogP contribution < -0.4 is 5.32 Å². The maximum absolute atomic E-state index is 10.5. The summed E-state index contributed by atoms with van der Waals surface area (Å²) < 4.78 is 4.11. The van der Waals surface area contributed by atoms with E-state index in [1.165, 1.54) is 0 Å². The highest BCUT2D eigenvalue weighted by Gasteiger charge is 2.32. The Morgan fingerprint density at radius 2 is 2.35 bits per heavy atom. The minimum Gasteiger partial charge on any atom is -0.387 e. The van der Waals surface area contributed by atoms with Crippen molar-refractivity contribution >= 4 is 0 Å². The van der Waals surface area contributed by atoms with Gasteiger partial charge < -0.3 is 19.6 Å². The van der Waals surface area contributed by atoms with Crippen molar-refractivity contribution in [1.29, 1.82) is 0 Å². The summed E-state index contributed by atoms with van der Waals surface area (Å²) in [6.07, 6.45) is 8.12. The summed E-state index contributed by atoms with van der Waals surface area (Å²) in [6.45, 7) is 6.29. The van der Waals surface area contributed by atoms with Crippen molar-refractivity contribution in [3.8, 4) is 11.5 Å². The number of hydrogen-bond donors (Lipinski definition) is 2. The second-order valence-electron chi connectivity index (χ2n) is 5.81. The first-order valence-electron chi connectivity index (χ1n) is 7.05. The first-order chi connectivity index (χ1) is 9.59. The van der Waals surface area contributed by atoms with Crippen LogP contribution in [0.15, 0.2) is 24.9 Å². The number of aliphatic hydroxyl groups is 1. The fourth-order valence-corrected chi connectivity index (χ4v) is 2.74. The molecule has 3 rings (SSSR count). The van der Waals surface area contributed by atoms with Crippen molar-refractivity contribution in [1.82, 2.24) is 24.4 Å². The SMILES string of the molecule is CC(C)n1cncc1-c1nccn1CC1(O)CCNC1. The zero-order valence-corrected chi connectivity index (χ0v) is 12.0. The number of β-amino-alcohol motifs (C(OH)–C–C–N with tert-alkyl or cyclic N) is 1. The zero-order chi connectivity index (χ0) is 14.2. The van der Waals surface area contributed by atoms with Gasteiger partial charge in [-0.1, -0.05) is 0 Å². The summed E-state index contributed by atoms with van der Waals surface area (Å²) in [5.74, 6) is 0.858. The molecule has 2 aromatic rings. The standard InChI is InChI=1S/C14H21N5O/c1-11(2)19-10-16-7-12(19)13-17-5-6-18(13)9-14(20)3-4-15-8-14/h5-7,10-11,15,20H,3-4,8-9H2,1-2H3. The molecule has 3 heterocycles. The van der Waals surface area contributed by atoms with Crippen LogP contribution in [0.5, 0.6) is 0 Å². The first-order valence-corrected chi connectivity index (χ1v) is 7.05. The van der Waals surface area contributed by atoms with Gasteiger partial charge in [0.15, 0.2) is 5.82 Å². The molecular formula is C14H21N5O. The lowest BCUT2D eigenvalue weighted by Gasteiger charge is -2.23. The average Bonchev–Trinajstić information content (AvgIpc) is 3.08. The van der Waals surface area contributed by atoms with Gasteiger partial charge in [0.25, 0.3) is 0 Å². The van der Waals surface area contributed by atoms with Gasteiger partial charge in [0.1, 0.15) is 5.69 Å².